The smallest absolute Gasteiger partial charge is 0.347 e. The largest absolute Gasteiger partial charge is 0.479 e. The van der Waals surface area contributed by atoms with E-state index in [1.807, 2.05) is 0 Å². The number of thiocarbonyl (C=S) groups is 1. The molecule has 0 fully saturated rings. The fourth-order valence-corrected chi connectivity index (χ4v) is 2.85. The lowest BCUT2D eigenvalue weighted by atomic mass is 9.95. The maximum absolute atomic E-state index is 12.1. The van der Waals surface area contributed by atoms with Gasteiger partial charge >= 0.3 is 11.9 Å². The molecule has 1 aromatic carbocycles. The van der Waals surface area contributed by atoms with Gasteiger partial charge in [-0.25, -0.2) is 9.59 Å². The van der Waals surface area contributed by atoms with Gasteiger partial charge in [-0.2, -0.15) is 0 Å². The molecule has 0 bridgehead atoms. The summed E-state index contributed by atoms with van der Waals surface area (Å²) < 4.78 is 15.4. The van der Waals surface area contributed by atoms with Crippen molar-refractivity contribution in [2.75, 3.05) is 13.7 Å². The van der Waals surface area contributed by atoms with Crippen LogP contribution in [0, 0.1) is 0 Å². The molecular weight excluding hydrogens is 356 g/mol. The maximum Gasteiger partial charge on any atom is 0.347 e. The molecule has 0 spiro atoms. The lowest BCUT2D eigenvalue weighted by Gasteiger charge is -2.29. The molecule has 8 heteroatoms. The van der Waals surface area contributed by atoms with Gasteiger partial charge in [0, 0.05) is 5.70 Å². The molecule has 0 radical (unpaired) electrons. The monoisotopic (exact) mass is 378 g/mol. The highest BCUT2D eigenvalue weighted by molar-refractivity contribution is 7.80. The zero-order valence-corrected chi connectivity index (χ0v) is 15.9. The minimum atomic E-state index is -0.710. The van der Waals surface area contributed by atoms with Crippen LogP contribution in [-0.2, 0) is 19.1 Å². The average Bonchev–Trinajstić information content (AvgIpc) is 2.61. The SMILES string of the molecule is CCOC(=O)[C@@H](C)Oc1ccc([C@@H]2NC(=S)NC(C)=C2C(=O)OC)cc1. The van der Waals surface area contributed by atoms with Gasteiger partial charge < -0.3 is 24.8 Å². The standard InChI is InChI=1S/C18H22N2O5S/c1-5-24-16(21)11(3)25-13-8-6-12(7-9-13)15-14(17(22)23-4)10(2)19-18(26)20-15/h6-9,11,15H,5H2,1-4H3,(H2,19,20,26)/t11-,15+/m1/s1. The number of allylic oxidation sites excluding steroid dienone is 1. The molecule has 0 saturated carbocycles. The molecule has 0 aromatic heterocycles. The van der Waals surface area contributed by atoms with Gasteiger partial charge in [0.1, 0.15) is 5.75 Å². The van der Waals surface area contributed by atoms with E-state index in [9.17, 15) is 9.59 Å². The van der Waals surface area contributed by atoms with Gasteiger partial charge in [-0.15, -0.1) is 0 Å². The van der Waals surface area contributed by atoms with Gasteiger partial charge in [-0.1, -0.05) is 12.1 Å². The van der Waals surface area contributed by atoms with E-state index in [1.165, 1.54) is 7.11 Å². The number of hydrogen-bond acceptors (Lipinski definition) is 6. The van der Waals surface area contributed by atoms with Gasteiger partial charge in [-0.05, 0) is 50.7 Å². The van der Waals surface area contributed by atoms with Crippen LogP contribution in [0.5, 0.6) is 5.75 Å². The van der Waals surface area contributed by atoms with Gasteiger partial charge in [0.15, 0.2) is 11.2 Å². The van der Waals surface area contributed by atoms with Crippen molar-refractivity contribution in [3.05, 3.63) is 41.1 Å². The van der Waals surface area contributed by atoms with Crippen LogP contribution in [0.3, 0.4) is 0 Å². The molecule has 26 heavy (non-hydrogen) atoms. The third-order valence-corrected chi connectivity index (χ3v) is 4.04. The molecule has 0 amide bonds. The van der Waals surface area contributed by atoms with Crippen LogP contribution >= 0.6 is 12.2 Å². The van der Waals surface area contributed by atoms with Crippen molar-refractivity contribution in [1.82, 2.24) is 10.6 Å². The zero-order valence-electron chi connectivity index (χ0n) is 15.1. The molecular formula is C18H22N2O5S. The van der Waals surface area contributed by atoms with Gasteiger partial charge in [0.2, 0.25) is 0 Å². The van der Waals surface area contributed by atoms with Crippen molar-refractivity contribution in [3.63, 3.8) is 0 Å². The fourth-order valence-electron chi connectivity index (χ4n) is 2.58. The lowest BCUT2D eigenvalue weighted by Crippen LogP contribution is -2.45. The quantitative estimate of drug-likeness (QED) is 0.574. The van der Waals surface area contributed by atoms with Gasteiger partial charge in [0.05, 0.1) is 25.3 Å². The maximum atomic E-state index is 12.1. The number of rotatable bonds is 6. The Kier molecular flexibility index (Phi) is 6.57. The Labute approximate surface area is 157 Å². The van der Waals surface area contributed by atoms with E-state index >= 15 is 0 Å². The number of esters is 2. The summed E-state index contributed by atoms with van der Waals surface area (Å²) in [5.74, 6) is -0.342. The number of ether oxygens (including phenoxy) is 3. The first-order valence-corrected chi connectivity index (χ1v) is 8.58. The first-order chi connectivity index (χ1) is 12.4. The predicted molar refractivity (Wildman–Crippen MR) is 99.5 cm³/mol. The van der Waals surface area contributed by atoms with E-state index in [-0.39, 0.29) is 0 Å². The van der Waals surface area contributed by atoms with Crippen LogP contribution in [0.1, 0.15) is 32.4 Å². The number of carbonyl (C=O) groups excluding carboxylic acids is 2. The summed E-state index contributed by atoms with van der Waals surface area (Å²) in [6.07, 6.45) is -0.710. The average molecular weight is 378 g/mol. The van der Waals surface area contributed by atoms with E-state index in [0.29, 0.717) is 28.7 Å². The molecule has 2 atom stereocenters. The molecule has 1 aliphatic heterocycles. The summed E-state index contributed by atoms with van der Waals surface area (Å²) in [4.78, 5) is 23.8. The number of nitrogens with one attached hydrogen (secondary N) is 2. The minimum absolute atomic E-state index is 0.300. The normalized spacial score (nSPS) is 17.7. The van der Waals surface area contributed by atoms with Gasteiger partial charge in [-0.3, -0.25) is 0 Å². The highest BCUT2D eigenvalue weighted by Crippen LogP contribution is 2.29. The summed E-state index contributed by atoms with van der Waals surface area (Å²) in [6.45, 7) is 5.43. The van der Waals surface area contributed by atoms with E-state index in [4.69, 9.17) is 26.4 Å². The van der Waals surface area contributed by atoms with E-state index in [0.717, 1.165) is 5.56 Å². The zero-order chi connectivity index (χ0) is 19.3. The highest BCUT2D eigenvalue weighted by atomic mass is 32.1. The topological polar surface area (TPSA) is 85.9 Å². The Balaban J connectivity index is 2.20. The van der Waals surface area contributed by atoms with Crippen molar-refractivity contribution in [2.45, 2.75) is 32.9 Å². The molecule has 0 unspecified atom stereocenters. The van der Waals surface area contributed by atoms with E-state index in [2.05, 4.69) is 10.6 Å². The molecule has 2 N–H and O–H groups in total. The van der Waals surface area contributed by atoms with Crippen molar-refractivity contribution in [1.29, 1.82) is 0 Å². The van der Waals surface area contributed by atoms with Crippen LogP contribution in [0.15, 0.2) is 35.5 Å². The van der Waals surface area contributed by atoms with Crippen LogP contribution in [0.4, 0.5) is 0 Å². The van der Waals surface area contributed by atoms with Crippen LogP contribution in [0.2, 0.25) is 0 Å². The second-order valence-electron chi connectivity index (χ2n) is 5.64. The van der Waals surface area contributed by atoms with Crippen LogP contribution < -0.4 is 15.4 Å². The fraction of sp³-hybridized carbons (Fsp3) is 0.389. The molecule has 140 valence electrons. The first kappa shape index (κ1) is 19.7. The highest BCUT2D eigenvalue weighted by Gasteiger charge is 2.30. The molecule has 2 rings (SSSR count). The minimum Gasteiger partial charge on any atom is -0.479 e. The number of hydrogen-bond donors (Lipinski definition) is 2. The summed E-state index contributed by atoms with van der Waals surface area (Å²) >= 11 is 5.19. The Morgan fingerprint density at radius 2 is 1.92 bits per heavy atom. The third kappa shape index (κ3) is 4.51. The predicted octanol–water partition coefficient (Wildman–Crippen LogP) is 1.98. The summed E-state index contributed by atoms with van der Waals surface area (Å²) in [7, 11) is 1.33. The Hall–Kier alpha value is -2.61. The van der Waals surface area contributed by atoms with Crippen LogP contribution in [0.25, 0.3) is 0 Å². The third-order valence-electron chi connectivity index (χ3n) is 3.82. The Bertz CT molecular complexity index is 730. The molecule has 1 heterocycles. The van der Waals surface area contributed by atoms with Crippen molar-refractivity contribution >= 4 is 29.3 Å². The van der Waals surface area contributed by atoms with Crippen molar-refractivity contribution in [2.24, 2.45) is 0 Å². The molecule has 0 aliphatic carbocycles. The molecule has 1 aromatic rings. The number of benzene rings is 1. The Morgan fingerprint density at radius 1 is 1.27 bits per heavy atom. The van der Waals surface area contributed by atoms with Crippen LogP contribution in [-0.4, -0.2) is 36.9 Å². The summed E-state index contributed by atoms with van der Waals surface area (Å²) in [6, 6.07) is 6.61. The number of methoxy groups -OCH3 is 1. The van der Waals surface area contributed by atoms with Gasteiger partial charge in [0.25, 0.3) is 0 Å². The number of carbonyl (C=O) groups is 2. The summed E-state index contributed by atoms with van der Waals surface area (Å²) in [5.41, 5.74) is 1.90. The molecule has 7 nitrogen and oxygen atoms in total. The second-order valence-corrected chi connectivity index (χ2v) is 6.05. The Morgan fingerprint density at radius 3 is 2.50 bits per heavy atom. The first-order valence-electron chi connectivity index (χ1n) is 8.17. The summed E-state index contributed by atoms with van der Waals surface area (Å²) in [5, 5.41) is 6.43. The molecule has 0 saturated heterocycles. The molecule has 1 aliphatic rings. The lowest BCUT2D eigenvalue weighted by molar-refractivity contribution is -0.150. The van der Waals surface area contributed by atoms with E-state index in [1.54, 1.807) is 45.0 Å². The van der Waals surface area contributed by atoms with E-state index < -0.39 is 24.1 Å². The van der Waals surface area contributed by atoms with Crippen molar-refractivity contribution < 1.29 is 23.8 Å². The second kappa shape index (κ2) is 8.66. The van der Waals surface area contributed by atoms with Crippen molar-refractivity contribution in [3.8, 4) is 5.75 Å².